The lowest BCUT2D eigenvalue weighted by Crippen LogP contribution is -2.53. The standard InChI is InChI=1S/C20H31N4/c1-7-8-10-16(18-14(3)13(2)15(18)4)19-22-23-20(24(19,5)6)17-11-9-12-21-17/h9-15,18,21H,7-8H2,1-6H3/q+1. The number of likely N-dealkylation sites (N-methyl/N-ethyl adjacent to an activating group) is 1. The number of hydrogen-bond acceptors (Lipinski definition) is 2. The van der Waals surface area contributed by atoms with Crippen LogP contribution in [-0.4, -0.2) is 35.2 Å². The van der Waals surface area contributed by atoms with Gasteiger partial charge in [-0.05, 0) is 42.2 Å². The fourth-order valence-electron chi connectivity index (χ4n) is 4.33. The van der Waals surface area contributed by atoms with Crippen LogP contribution in [-0.2, 0) is 0 Å². The Labute approximate surface area is 146 Å². The van der Waals surface area contributed by atoms with E-state index in [0.717, 1.165) is 29.7 Å². The molecule has 1 aliphatic heterocycles. The van der Waals surface area contributed by atoms with Crippen molar-refractivity contribution in [1.82, 2.24) is 4.98 Å². The van der Waals surface area contributed by atoms with Gasteiger partial charge in [-0.2, -0.15) is 0 Å². The smallest absolute Gasteiger partial charge is 0.276 e. The molecule has 0 amide bonds. The highest BCUT2D eigenvalue weighted by Gasteiger charge is 2.50. The summed E-state index contributed by atoms with van der Waals surface area (Å²) < 4.78 is 0.611. The van der Waals surface area contributed by atoms with Crippen LogP contribution in [0.15, 0.2) is 40.2 Å². The highest BCUT2D eigenvalue weighted by Crippen LogP contribution is 2.50. The molecule has 2 unspecified atom stereocenters. The Balaban J connectivity index is 1.93. The van der Waals surface area contributed by atoms with Gasteiger partial charge in [-0.25, -0.2) is 4.48 Å². The van der Waals surface area contributed by atoms with Crippen LogP contribution >= 0.6 is 0 Å². The first-order valence-corrected chi connectivity index (χ1v) is 9.24. The van der Waals surface area contributed by atoms with Gasteiger partial charge in [0.05, 0.1) is 14.1 Å². The highest BCUT2D eigenvalue weighted by molar-refractivity contribution is 6.08. The van der Waals surface area contributed by atoms with E-state index in [0.29, 0.717) is 22.2 Å². The molecule has 0 aromatic carbocycles. The zero-order chi connectivity index (χ0) is 17.5. The van der Waals surface area contributed by atoms with Crippen molar-refractivity contribution in [2.75, 3.05) is 14.1 Å². The molecule has 0 bridgehead atoms. The van der Waals surface area contributed by atoms with E-state index in [1.165, 1.54) is 12.0 Å². The number of nitrogens with one attached hydrogen (secondary N) is 1. The minimum atomic E-state index is 0.598. The first-order valence-electron chi connectivity index (χ1n) is 9.24. The minimum absolute atomic E-state index is 0.598. The van der Waals surface area contributed by atoms with Gasteiger partial charge in [-0.1, -0.05) is 50.4 Å². The summed E-state index contributed by atoms with van der Waals surface area (Å²) in [5.41, 5.74) is 2.47. The van der Waals surface area contributed by atoms with Crippen molar-refractivity contribution in [3.8, 4) is 0 Å². The molecular formula is C20H31N4+. The van der Waals surface area contributed by atoms with Crippen molar-refractivity contribution in [2.24, 2.45) is 33.9 Å². The van der Waals surface area contributed by atoms with Gasteiger partial charge in [-0.3, -0.25) is 0 Å². The van der Waals surface area contributed by atoms with E-state index in [9.17, 15) is 0 Å². The van der Waals surface area contributed by atoms with Gasteiger partial charge in [0.25, 0.3) is 11.7 Å². The SMILES string of the molecule is CCCC=C(C1=NN=C(c2ccc[nH]2)[N+]1(C)C)C1C(C)C(C)C1C. The second-order valence-electron chi connectivity index (χ2n) is 7.94. The fourth-order valence-corrected chi connectivity index (χ4v) is 4.33. The van der Waals surface area contributed by atoms with E-state index in [-0.39, 0.29) is 0 Å². The van der Waals surface area contributed by atoms with E-state index in [1.54, 1.807) is 0 Å². The van der Waals surface area contributed by atoms with Crippen LogP contribution in [0.25, 0.3) is 0 Å². The van der Waals surface area contributed by atoms with Crippen LogP contribution in [0.1, 0.15) is 46.2 Å². The summed E-state index contributed by atoms with van der Waals surface area (Å²) in [6, 6.07) is 4.09. The molecular weight excluding hydrogens is 296 g/mol. The molecule has 2 aliphatic rings. The molecule has 1 fully saturated rings. The third-order valence-corrected chi connectivity index (χ3v) is 6.20. The molecule has 1 saturated carbocycles. The zero-order valence-electron chi connectivity index (χ0n) is 15.9. The molecule has 1 aliphatic carbocycles. The van der Waals surface area contributed by atoms with E-state index in [1.807, 2.05) is 12.3 Å². The minimum Gasteiger partial charge on any atom is -0.355 e. The Kier molecular flexibility index (Phi) is 4.52. The summed E-state index contributed by atoms with van der Waals surface area (Å²) in [5, 5.41) is 9.22. The molecule has 130 valence electrons. The summed E-state index contributed by atoms with van der Waals surface area (Å²) in [7, 11) is 4.39. The van der Waals surface area contributed by atoms with Crippen molar-refractivity contribution >= 4 is 11.7 Å². The molecule has 0 saturated heterocycles. The largest absolute Gasteiger partial charge is 0.355 e. The Morgan fingerprint density at radius 1 is 1.17 bits per heavy atom. The molecule has 0 radical (unpaired) electrons. The maximum atomic E-state index is 4.66. The summed E-state index contributed by atoms with van der Waals surface area (Å²) in [6.07, 6.45) is 6.65. The second-order valence-corrected chi connectivity index (χ2v) is 7.94. The fraction of sp³-hybridized carbons (Fsp3) is 0.600. The molecule has 3 rings (SSSR count). The summed E-state index contributed by atoms with van der Waals surface area (Å²) in [6.45, 7) is 9.39. The number of amidine groups is 2. The number of aromatic amines is 1. The first-order chi connectivity index (χ1) is 11.4. The van der Waals surface area contributed by atoms with Crippen molar-refractivity contribution in [2.45, 2.75) is 40.5 Å². The Morgan fingerprint density at radius 3 is 2.46 bits per heavy atom. The molecule has 1 N–H and O–H groups in total. The number of rotatable bonds is 5. The molecule has 4 heteroatoms. The van der Waals surface area contributed by atoms with Gasteiger partial charge in [-0.15, -0.1) is 0 Å². The number of H-pyrrole nitrogens is 1. The molecule has 2 atom stereocenters. The summed E-state index contributed by atoms with van der Waals surface area (Å²) in [4.78, 5) is 3.28. The topological polar surface area (TPSA) is 40.5 Å². The van der Waals surface area contributed by atoms with Crippen molar-refractivity contribution in [3.63, 3.8) is 0 Å². The normalized spacial score (nSPS) is 32.3. The molecule has 1 aromatic rings. The van der Waals surface area contributed by atoms with Gasteiger partial charge in [0, 0.05) is 11.8 Å². The quantitative estimate of drug-likeness (QED) is 0.777. The lowest BCUT2D eigenvalue weighted by molar-refractivity contribution is -0.695. The summed E-state index contributed by atoms with van der Waals surface area (Å²) in [5.74, 6) is 4.90. The maximum Gasteiger partial charge on any atom is 0.276 e. The van der Waals surface area contributed by atoms with E-state index < -0.39 is 0 Å². The van der Waals surface area contributed by atoms with Crippen LogP contribution in [0, 0.1) is 23.7 Å². The molecule has 4 nitrogen and oxygen atoms in total. The first kappa shape index (κ1) is 17.2. The lowest BCUT2D eigenvalue weighted by Gasteiger charge is -2.49. The lowest BCUT2D eigenvalue weighted by atomic mass is 9.56. The number of quaternary nitrogens is 1. The van der Waals surface area contributed by atoms with Gasteiger partial charge < -0.3 is 4.98 Å². The predicted octanol–water partition coefficient (Wildman–Crippen LogP) is 4.43. The van der Waals surface area contributed by atoms with Crippen molar-refractivity contribution in [1.29, 1.82) is 0 Å². The van der Waals surface area contributed by atoms with Gasteiger partial charge in [0.1, 0.15) is 5.69 Å². The number of unbranched alkanes of at least 4 members (excludes halogenated alkanes) is 1. The molecule has 2 heterocycles. The van der Waals surface area contributed by atoms with Crippen LogP contribution in [0.2, 0.25) is 0 Å². The molecule has 1 aromatic heterocycles. The number of hydrogen-bond donors (Lipinski definition) is 1. The third-order valence-electron chi connectivity index (χ3n) is 6.20. The Morgan fingerprint density at radius 2 is 1.88 bits per heavy atom. The molecule has 0 spiro atoms. The van der Waals surface area contributed by atoms with Crippen LogP contribution in [0.3, 0.4) is 0 Å². The van der Waals surface area contributed by atoms with Crippen molar-refractivity contribution < 1.29 is 4.48 Å². The zero-order valence-corrected chi connectivity index (χ0v) is 15.9. The predicted molar refractivity (Wildman–Crippen MR) is 101 cm³/mol. The third kappa shape index (κ3) is 2.57. The average molecular weight is 327 g/mol. The average Bonchev–Trinajstić information content (AvgIpc) is 3.17. The van der Waals surface area contributed by atoms with E-state index >= 15 is 0 Å². The number of nitrogens with zero attached hydrogens (tertiary/aromatic N) is 3. The Bertz CT molecular complexity index is 669. The highest BCUT2D eigenvalue weighted by atomic mass is 15.5. The van der Waals surface area contributed by atoms with Crippen molar-refractivity contribution in [3.05, 3.63) is 35.7 Å². The number of allylic oxidation sites excluding steroid dienone is 1. The van der Waals surface area contributed by atoms with Gasteiger partial charge >= 0.3 is 0 Å². The van der Waals surface area contributed by atoms with Crippen LogP contribution in [0.5, 0.6) is 0 Å². The second kappa shape index (κ2) is 6.32. The van der Waals surface area contributed by atoms with E-state index in [2.05, 4.69) is 69.1 Å². The Hall–Kier alpha value is -1.68. The molecule has 24 heavy (non-hydrogen) atoms. The van der Waals surface area contributed by atoms with E-state index in [4.69, 9.17) is 0 Å². The van der Waals surface area contributed by atoms with Gasteiger partial charge in [0.2, 0.25) is 0 Å². The summed E-state index contributed by atoms with van der Waals surface area (Å²) >= 11 is 0. The number of aromatic nitrogens is 1. The van der Waals surface area contributed by atoms with Gasteiger partial charge in [0.15, 0.2) is 0 Å². The van der Waals surface area contributed by atoms with Crippen LogP contribution in [0.4, 0.5) is 0 Å². The van der Waals surface area contributed by atoms with Crippen LogP contribution < -0.4 is 0 Å². The monoisotopic (exact) mass is 327 g/mol. The maximum absolute atomic E-state index is 4.66.